The van der Waals surface area contributed by atoms with Crippen LogP contribution in [0.15, 0.2) is 18.2 Å². The molecule has 0 N–H and O–H groups in total. The summed E-state index contributed by atoms with van der Waals surface area (Å²) in [5, 5.41) is -0.862. The van der Waals surface area contributed by atoms with Gasteiger partial charge in [-0.2, -0.15) is 13.2 Å². The van der Waals surface area contributed by atoms with Crippen LogP contribution in [0.4, 0.5) is 22.0 Å². The fraction of sp³-hybridized carbons (Fsp3) is 0.455. The first-order valence-electron chi connectivity index (χ1n) is 5.03. The van der Waals surface area contributed by atoms with Crippen molar-refractivity contribution in [3.05, 3.63) is 35.4 Å². The summed E-state index contributed by atoms with van der Waals surface area (Å²) in [6.07, 6.45) is -4.40. The molecule has 0 aliphatic heterocycles. The zero-order valence-corrected chi connectivity index (χ0v) is 9.86. The molecule has 0 aliphatic carbocycles. The van der Waals surface area contributed by atoms with E-state index in [0.29, 0.717) is 6.07 Å². The van der Waals surface area contributed by atoms with E-state index < -0.39 is 29.8 Å². The fourth-order valence-electron chi connectivity index (χ4n) is 1.29. The third-order valence-corrected chi connectivity index (χ3v) is 2.53. The highest BCUT2D eigenvalue weighted by molar-refractivity contribution is 6.20. The normalized spacial score (nSPS) is 13.7. The summed E-state index contributed by atoms with van der Waals surface area (Å²) in [7, 11) is 0. The Hall–Kier alpha value is -0.880. The molecule has 18 heavy (non-hydrogen) atoms. The van der Waals surface area contributed by atoms with Gasteiger partial charge < -0.3 is 4.74 Å². The second kappa shape index (κ2) is 6.33. The monoisotopic (exact) mass is 288 g/mol. The zero-order valence-electron chi connectivity index (χ0n) is 9.11. The Bertz CT molecular complexity index is 394. The van der Waals surface area contributed by atoms with Gasteiger partial charge in [0.15, 0.2) is 0 Å². The van der Waals surface area contributed by atoms with Crippen LogP contribution in [-0.2, 0) is 4.74 Å². The largest absolute Gasteiger partial charge is 0.411 e. The van der Waals surface area contributed by atoms with Crippen LogP contribution < -0.4 is 0 Å². The molecule has 1 rings (SSSR count). The van der Waals surface area contributed by atoms with Crippen LogP contribution in [0.2, 0.25) is 0 Å². The van der Waals surface area contributed by atoms with E-state index >= 15 is 0 Å². The van der Waals surface area contributed by atoms with Gasteiger partial charge in [-0.1, -0.05) is 6.07 Å². The molecular formula is C11H10ClF5O. The Kier molecular flexibility index (Phi) is 5.34. The molecular weight excluding hydrogens is 279 g/mol. The van der Waals surface area contributed by atoms with Gasteiger partial charge in [0.25, 0.3) is 0 Å². The standard InChI is InChI=1S/C11H10ClF5O/c12-9(3-4-18-6-11(15,16)17)8-2-1-7(13)5-10(8)14/h1-2,5,9H,3-4,6H2. The molecule has 0 bridgehead atoms. The highest BCUT2D eigenvalue weighted by Gasteiger charge is 2.27. The topological polar surface area (TPSA) is 9.23 Å². The van der Waals surface area contributed by atoms with E-state index in [0.717, 1.165) is 12.1 Å². The number of hydrogen-bond acceptors (Lipinski definition) is 1. The van der Waals surface area contributed by atoms with Crippen molar-refractivity contribution < 1.29 is 26.7 Å². The number of alkyl halides is 4. The molecule has 0 spiro atoms. The molecule has 0 fully saturated rings. The molecule has 7 heteroatoms. The van der Waals surface area contributed by atoms with E-state index in [-0.39, 0.29) is 18.6 Å². The summed E-state index contributed by atoms with van der Waals surface area (Å²) in [6.45, 7) is -1.63. The lowest BCUT2D eigenvalue weighted by Gasteiger charge is -2.12. The molecule has 0 heterocycles. The van der Waals surface area contributed by atoms with E-state index in [2.05, 4.69) is 4.74 Å². The van der Waals surface area contributed by atoms with Gasteiger partial charge in [0.2, 0.25) is 0 Å². The van der Waals surface area contributed by atoms with Crippen LogP contribution in [0.1, 0.15) is 17.4 Å². The lowest BCUT2D eigenvalue weighted by Crippen LogP contribution is -2.17. The van der Waals surface area contributed by atoms with Gasteiger partial charge in [0, 0.05) is 18.2 Å². The maximum absolute atomic E-state index is 13.3. The lowest BCUT2D eigenvalue weighted by atomic mass is 10.1. The second-order valence-corrected chi connectivity index (χ2v) is 4.12. The second-order valence-electron chi connectivity index (χ2n) is 3.59. The van der Waals surface area contributed by atoms with Crippen LogP contribution in [-0.4, -0.2) is 19.4 Å². The van der Waals surface area contributed by atoms with Gasteiger partial charge >= 0.3 is 6.18 Å². The Morgan fingerprint density at radius 1 is 1.22 bits per heavy atom. The van der Waals surface area contributed by atoms with E-state index in [1.807, 2.05) is 0 Å². The van der Waals surface area contributed by atoms with Gasteiger partial charge in [-0.25, -0.2) is 8.78 Å². The Balaban J connectivity index is 2.43. The quantitative estimate of drug-likeness (QED) is 0.448. The van der Waals surface area contributed by atoms with Gasteiger partial charge in [0.1, 0.15) is 18.2 Å². The van der Waals surface area contributed by atoms with Crippen molar-refractivity contribution in [1.82, 2.24) is 0 Å². The van der Waals surface area contributed by atoms with Crippen LogP contribution in [0.25, 0.3) is 0 Å². The minimum Gasteiger partial charge on any atom is -0.372 e. The molecule has 0 aromatic heterocycles. The summed E-state index contributed by atoms with van der Waals surface area (Å²) >= 11 is 5.79. The van der Waals surface area contributed by atoms with Crippen molar-refractivity contribution in [3.8, 4) is 0 Å². The number of benzene rings is 1. The van der Waals surface area contributed by atoms with Crippen molar-refractivity contribution in [3.63, 3.8) is 0 Å². The van der Waals surface area contributed by atoms with Gasteiger partial charge in [0.05, 0.1) is 5.38 Å². The van der Waals surface area contributed by atoms with Crippen molar-refractivity contribution in [2.75, 3.05) is 13.2 Å². The van der Waals surface area contributed by atoms with E-state index in [1.54, 1.807) is 0 Å². The van der Waals surface area contributed by atoms with E-state index in [1.165, 1.54) is 0 Å². The number of rotatable bonds is 5. The van der Waals surface area contributed by atoms with Crippen molar-refractivity contribution in [2.24, 2.45) is 0 Å². The third kappa shape index (κ3) is 5.18. The van der Waals surface area contributed by atoms with E-state index in [4.69, 9.17) is 11.6 Å². The molecule has 1 atom stereocenters. The summed E-state index contributed by atoms with van der Waals surface area (Å²) < 4.78 is 65.5. The van der Waals surface area contributed by atoms with Crippen molar-refractivity contribution in [1.29, 1.82) is 0 Å². The first kappa shape index (κ1) is 15.2. The minimum absolute atomic E-state index is 0.000186. The van der Waals surface area contributed by atoms with Gasteiger partial charge in [-0.3, -0.25) is 0 Å². The smallest absolute Gasteiger partial charge is 0.372 e. The molecule has 0 saturated heterocycles. The highest BCUT2D eigenvalue weighted by Crippen LogP contribution is 2.27. The van der Waals surface area contributed by atoms with Crippen molar-refractivity contribution >= 4 is 11.6 Å². The molecule has 0 radical (unpaired) electrons. The molecule has 102 valence electrons. The maximum Gasteiger partial charge on any atom is 0.411 e. The Morgan fingerprint density at radius 3 is 2.44 bits per heavy atom. The zero-order chi connectivity index (χ0) is 13.8. The van der Waals surface area contributed by atoms with Crippen LogP contribution in [0, 0.1) is 11.6 Å². The molecule has 1 aromatic carbocycles. The minimum atomic E-state index is -4.40. The summed E-state index contributed by atoms with van der Waals surface area (Å²) in [6, 6.07) is 2.86. The van der Waals surface area contributed by atoms with Crippen LogP contribution in [0.3, 0.4) is 0 Å². The SMILES string of the molecule is Fc1ccc(C(Cl)CCOCC(F)(F)F)c(F)c1. The predicted octanol–water partition coefficient (Wildman–Crippen LogP) is 4.21. The molecule has 1 nitrogen and oxygen atoms in total. The number of halogens is 6. The first-order chi connectivity index (χ1) is 8.29. The Morgan fingerprint density at radius 2 is 1.89 bits per heavy atom. The summed E-state index contributed by atoms with van der Waals surface area (Å²) in [4.78, 5) is 0. The molecule has 0 amide bonds. The lowest BCUT2D eigenvalue weighted by molar-refractivity contribution is -0.174. The molecule has 0 aliphatic rings. The van der Waals surface area contributed by atoms with E-state index in [9.17, 15) is 22.0 Å². The number of ether oxygens (including phenoxy) is 1. The average Bonchev–Trinajstić information content (AvgIpc) is 2.22. The molecule has 0 saturated carbocycles. The molecule has 1 aromatic rings. The van der Waals surface area contributed by atoms with Crippen LogP contribution >= 0.6 is 11.6 Å². The first-order valence-corrected chi connectivity index (χ1v) is 5.47. The summed E-state index contributed by atoms with van der Waals surface area (Å²) in [5.74, 6) is -1.57. The third-order valence-electron chi connectivity index (χ3n) is 2.08. The van der Waals surface area contributed by atoms with Crippen LogP contribution in [0.5, 0.6) is 0 Å². The fourth-order valence-corrected chi connectivity index (χ4v) is 1.55. The maximum atomic E-state index is 13.3. The van der Waals surface area contributed by atoms with Crippen molar-refractivity contribution in [2.45, 2.75) is 18.0 Å². The van der Waals surface area contributed by atoms with Gasteiger partial charge in [-0.05, 0) is 12.5 Å². The number of hydrogen-bond donors (Lipinski definition) is 0. The average molecular weight is 289 g/mol. The highest BCUT2D eigenvalue weighted by atomic mass is 35.5. The summed E-state index contributed by atoms with van der Waals surface area (Å²) in [5.41, 5.74) is 0.0358. The molecule has 1 unspecified atom stereocenters. The predicted molar refractivity (Wildman–Crippen MR) is 56.4 cm³/mol. The van der Waals surface area contributed by atoms with Gasteiger partial charge in [-0.15, -0.1) is 11.6 Å². The Labute approximate surface area is 106 Å².